The Bertz CT molecular complexity index is 795. The summed E-state index contributed by atoms with van der Waals surface area (Å²) < 4.78 is 42.6. The first-order valence-corrected chi connectivity index (χ1v) is 11.3. The molecule has 8 heteroatoms. The third-order valence-corrected chi connectivity index (χ3v) is 6.66. The number of benzene rings is 1. The Kier molecular flexibility index (Phi) is 6.24. The molecule has 2 aliphatic rings. The van der Waals surface area contributed by atoms with Crippen LogP contribution in [0.2, 0.25) is 0 Å². The predicted molar refractivity (Wildman–Crippen MR) is 104 cm³/mol. The summed E-state index contributed by atoms with van der Waals surface area (Å²) in [4.78, 5) is 4.62. The van der Waals surface area contributed by atoms with Gasteiger partial charge in [-0.2, -0.15) is 0 Å². The van der Waals surface area contributed by atoms with Gasteiger partial charge in [0.2, 0.25) is 0 Å². The van der Waals surface area contributed by atoms with E-state index in [9.17, 15) is 12.8 Å². The Morgan fingerprint density at radius 1 is 1.37 bits per heavy atom. The maximum atomic E-state index is 13.7. The standard InChI is InChI=1S/C19H28FN3O3S/c1-13(2)10-21-19(22-11-14-6-8-27(24,25)12-14)23-17-5-7-26-18-4-3-15(20)9-16(17)18/h3-4,9,13-14,17H,5-8,10-12H2,1-2H3,(H2,21,22,23). The van der Waals surface area contributed by atoms with Gasteiger partial charge in [0, 0.05) is 25.1 Å². The largest absolute Gasteiger partial charge is 0.493 e. The van der Waals surface area contributed by atoms with Crippen molar-refractivity contribution >= 4 is 15.8 Å². The van der Waals surface area contributed by atoms with Crippen molar-refractivity contribution in [1.82, 2.24) is 10.6 Å². The summed E-state index contributed by atoms with van der Waals surface area (Å²) in [7, 11) is -2.90. The van der Waals surface area contributed by atoms with Crippen molar-refractivity contribution in [2.75, 3.05) is 31.2 Å². The fourth-order valence-corrected chi connectivity index (χ4v) is 5.24. The summed E-state index contributed by atoms with van der Waals surface area (Å²) in [5, 5.41) is 6.67. The molecule has 1 aromatic rings. The number of halogens is 1. The zero-order valence-corrected chi connectivity index (χ0v) is 16.7. The van der Waals surface area contributed by atoms with Crippen molar-refractivity contribution < 1.29 is 17.5 Å². The van der Waals surface area contributed by atoms with Crippen molar-refractivity contribution in [2.45, 2.75) is 32.7 Å². The molecule has 0 saturated carbocycles. The molecule has 0 aromatic heterocycles. The van der Waals surface area contributed by atoms with Crippen LogP contribution in [0.15, 0.2) is 23.2 Å². The Morgan fingerprint density at radius 3 is 2.89 bits per heavy atom. The number of hydrogen-bond donors (Lipinski definition) is 2. The van der Waals surface area contributed by atoms with Gasteiger partial charge in [0.1, 0.15) is 11.6 Å². The minimum atomic E-state index is -2.90. The maximum absolute atomic E-state index is 13.7. The first-order valence-electron chi connectivity index (χ1n) is 9.50. The molecule has 1 fully saturated rings. The van der Waals surface area contributed by atoms with Crippen LogP contribution in [-0.4, -0.2) is 45.6 Å². The normalized spacial score (nSPS) is 24.4. The molecule has 6 nitrogen and oxygen atoms in total. The van der Waals surface area contributed by atoms with E-state index in [2.05, 4.69) is 29.5 Å². The summed E-state index contributed by atoms with van der Waals surface area (Å²) in [6.07, 6.45) is 1.38. The summed E-state index contributed by atoms with van der Waals surface area (Å²) in [5.74, 6) is 2.01. The third kappa shape index (κ3) is 5.57. The van der Waals surface area contributed by atoms with Crippen molar-refractivity contribution in [2.24, 2.45) is 16.8 Å². The lowest BCUT2D eigenvalue weighted by Crippen LogP contribution is -2.43. The zero-order chi connectivity index (χ0) is 19.4. The van der Waals surface area contributed by atoms with Gasteiger partial charge in [0.15, 0.2) is 15.8 Å². The Labute approximate surface area is 160 Å². The van der Waals surface area contributed by atoms with Crippen molar-refractivity contribution in [3.8, 4) is 5.75 Å². The van der Waals surface area contributed by atoms with E-state index in [0.717, 1.165) is 5.56 Å². The molecule has 1 saturated heterocycles. The molecule has 27 heavy (non-hydrogen) atoms. The molecule has 3 rings (SSSR count). The first kappa shape index (κ1) is 19.9. The van der Waals surface area contributed by atoms with E-state index in [1.807, 2.05) is 0 Å². The molecule has 0 aliphatic carbocycles. The average Bonchev–Trinajstić information content (AvgIpc) is 2.96. The van der Waals surface area contributed by atoms with E-state index in [1.165, 1.54) is 12.1 Å². The van der Waals surface area contributed by atoms with Gasteiger partial charge >= 0.3 is 0 Å². The van der Waals surface area contributed by atoms with Crippen molar-refractivity contribution in [3.05, 3.63) is 29.6 Å². The molecule has 2 N–H and O–H groups in total. The number of rotatable bonds is 5. The predicted octanol–water partition coefficient (Wildman–Crippen LogP) is 2.28. The highest BCUT2D eigenvalue weighted by atomic mass is 32.2. The molecular weight excluding hydrogens is 369 g/mol. The highest BCUT2D eigenvalue weighted by Gasteiger charge is 2.28. The quantitative estimate of drug-likeness (QED) is 0.589. The molecule has 0 radical (unpaired) electrons. The highest BCUT2D eigenvalue weighted by molar-refractivity contribution is 7.91. The van der Waals surface area contributed by atoms with E-state index in [1.54, 1.807) is 6.07 Å². The van der Waals surface area contributed by atoms with E-state index in [-0.39, 0.29) is 29.3 Å². The molecule has 150 valence electrons. The minimum Gasteiger partial charge on any atom is -0.493 e. The molecule has 0 amide bonds. The minimum absolute atomic E-state index is 0.0977. The van der Waals surface area contributed by atoms with Gasteiger partial charge in [-0.3, -0.25) is 4.99 Å². The first-order chi connectivity index (χ1) is 12.8. The monoisotopic (exact) mass is 397 g/mol. The van der Waals surface area contributed by atoms with E-state index < -0.39 is 9.84 Å². The Balaban J connectivity index is 1.69. The van der Waals surface area contributed by atoms with Crippen LogP contribution in [0, 0.1) is 17.7 Å². The van der Waals surface area contributed by atoms with Crippen LogP contribution < -0.4 is 15.4 Å². The van der Waals surface area contributed by atoms with Gasteiger partial charge in [-0.25, -0.2) is 12.8 Å². The lowest BCUT2D eigenvalue weighted by Gasteiger charge is -2.28. The van der Waals surface area contributed by atoms with E-state index in [0.29, 0.717) is 50.2 Å². The number of nitrogens with one attached hydrogen (secondary N) is 2. The molecule has 0 spiro atoms. The highest BCUT2D eigenvalue weighted by Crippen LogP contribution is 2.32. The third-order valence-electron chi connectivity index (χ3n) is 4.82. The molecule has 2 aliphatic heterocycles. The number of nitrogens with zero attached hydrogens (tertiary/aromatic N) is 1. The summed E-state index contributed by atoms with van der Waals surface area (Å²) in [5.41, 5.74) is 0.781. The molecule has 1 aromatic carbocycles. The summed E-state index contributed by atoms with van der Waals surface area (Å²) >= 11 is 0. The second-order valence-electron chi connectivity index (χ2n) is 7.75. The lowest BCUT2D eigenvalue weighted by atomic mass is 10.0. The SMILES string of the molecule is CC(C)CN=C(NCC1CCS(=O)(=O)C1)NC1CCOc2ccc(F)cc21. The zero-order valence-electron chi connectivity index (χ0n) is 15.9. The smallest absolute Gasteiger partial charge is 0.191 e. The van der Waals surface area contributed by atoms with Crippen LogP contribution in [0.5, 0.6) is 5.75 Å². The van der Waals surface area contributed by atoms with Crippen LogP contribution in [0.3, 0.4) is 0 Å². The molecule has 0 bridgehead atoms. The second-order valence-corrected chi connectivity index (χ2v) is 9.98. The number of hydrogen-bond acceptors (Lipinski definition) is 4. The van der Waals surface area contributed by atoms with Gasteiger partial charge in [-0.15, -0.1) is 0 Å². The molecular formula is C19H28FN3O3S. The topological polar surface area (TPSA) is 79.8 Å². The number of fused-ring (bicyclic) bond motifs is 1. The number of sulfone groups is 1. The van der Waals surface area contributed by atoms with Gasteiger partial charge < -0.3 is 15.4 Å². The van der Waals surface area contributed by atoms with Gasteiger partial charge in [-0.05, 0) is 36.5 Å². The van der Waals surface area contributed by atoms with Crippen LogP contribution in [0.25, 0.3) is 0 Å². The Morgan fingerprint density at radius 2 is 2.19 bits per heavy atom. The van der Waals surface area contributed by atoms with Crippen molar-refractivity contribution in [3.63, 3.8) is 0 Å². The Hall–Kier alpha value is -1.83. The van der Waals surface area contributed by atoms with E-state index in [4.69, 9.17) is 4.74 Å². The van der Waals surface area contributed by atoms with Gasteiger partial charge in [0.05, 0.1) is 24.2 Å². The molecule has 2 atom stereocenters. The summed E-state index contributed by atoms with van der Waals surface area (Å²) in [6, 6.07) is 4.44. The van der Waals surface area contributed by atoms with Crippen LogP contribution in [-0.2, 0) is 9.84 Å². The van der Waals surface area contributed by atoms with Crippen molar-refractivity contribution in [1.29, 1.82) is 0 Å². The van der Waals surface area contributed by atoms with Crippen LogP contribution in [0.4, 0.5) is 4.39 Å². The van der Waals surface area contributed by atoms with Crippen LogP contribution >= 0.6 is 0 Å². The molecule has 2 unspecified atom stereocenters. The fraction of sp³-hybridized carbons (Fsp3) is 0.632. The van der Waals surface area contributed by atoms with Gasteiger partial charge in [-0.1, -0.05) is 13.8 Å². The number of aliphatic imine (C=N–C) groups is 1. The van der Waals surface area contributed by atoms with Crippen LogP contribution in [0.1, 0.15) is 38.3 Å². The second kappa shape index (κ2) is 8.46. The number of ether oxygens (including phenoxy) is 1. The number of guanidine groups is 1. The van der Waals surface area contributed by atoms with Gasteiger partial charge in [0.25, 0.3) is 0 Å². The lowest BCUT2D eigenvalue weighted by molar-refractivity contribution is 0.260. The maximum Gasteiger partial charge on any atom is 0.191 e. The van der Waals surface area contributed by atoms with E-state index >= 15 is 0 Å². The fourth-order valence-electron chi connectivity index (χ4n) is 3.38. The molecule has 2 heterocycles. The summed E-state index contributed by atoms with van der Waals surface area (Å²) in [6.45, 7) is 5.93. The average molecular weight is 398 g/mol.